The molecule has 0 saturated carbocycles. The van der Waals surface area contributed by atoms with Crippen LogP contribution in [0.15, 0.2) is 23.1 Å². The van der Waals surface area contributed by atoms with E-state index in [-0.39, 0.29) is 11.9 Å². The van der Waals surface area contributed by atoms with Gasteiger partial charge < -0.3 is 4.90 Å². The van der Waals surface area contributed by atoms with Gasteiger partial charge in [0.15, 0.2) is 0 Å². The standard InChI is InChI=1S/C13H16N2OS/c1-9-4-5-11(17)8-12(9)13(16)15(3)10(2)6-7-14/h4-5,8,10,17H,6H2,1-3H3. The first-order valence-electron chi connectivity index (χ1n) is 5.41. The van der Waals surface area contributed by atoms with Gasteiger partial charge in [-0.2, -0.15) is 5.26 Å². The zero-order chi connectivity index (χ0) is 13.0. The van der Waals surface area contributed by atoms with Crippen molar-refractivity contribution in [2.75, 3.05) is 7.05 Å². The molecule has 1 atom stereocenters. The zero-order valence-electron chi connectivity index (χ0n) is 10.3. The fourth-order valence-corrected chi connectivity index (χ4v) is 1.70. The third-order valence-electron chi connectivity index (χ3n) is 2.82. The third kappa shape index (κ3) is 3.24. The molecule has 0 bridgehead atoms. The SMILES string of the molecule is Cc1ccc(S)cc1C(=O)N(C)C(C)CC#N. The molecule has 90 valence electrons. The van der Waals surface area contributed by atoms with Crippen LogP contribution in [0.25, 0.3) is 0 Å². The Morgan fingerprint density at radius 1 is 1.59 bits per heavy atom. The van der Waals surface area contributed by atoms with Gasteiger partial charge in [0, 0.05) is 23.5 Å². The van der Waals surface area contributed by atoms with Gasteiger partial charge in [0.05, 0.1) is 12.5 Å². The lowest BCUT2D eigenvalue weighted by Crippen LogP contribution is -2.35. The lowest BCUT2D eigenvalue weighted by Gasteiger charge is -2.23. The summed E-state index contributed by atoms with van der Waals surface area (Å²) in [6.07, 6.45) is 0.335. The molecule has 0 N–H and O–H groups in total. The number of carbonyl (C=O) groups is 1. The van der Waals surface area contributed by atoms with Crippen molar-refractivity contribution in [1.82, 2.24) is 4.90 Å². The Balaban J connectivity index is 2.96. The molecule has 4 heteroatoms. The number of nitriles is 1. The van der Waals surface area contributed by atoms with Crippen molar-refractivity contribution < 1.29 is 4.79 Å². The van der Waals surface area contributed by atoms with E-state index in [0.717, 1.165) is 10.5 Å². The van der Waals surface area contributed by atoms with Crippen LogP contribution in [-0.4, -0.2) is 23.9 Å². The number of benzene rings is 1. The van der Waals surface area contributed by atoms with Gasteiger partial charge in [-0.05, 0) is 31.5 Å². The number of nitrogens with zero attached hydrogens (tertiary/aromatic N) is 2. The molecule has 1 unspecified atom stereocenters. The summed E-state index contributed by atoms with van der Waals surface area (Å²) in [5.74, 6) is -0.0684. The molecular weight excluding hydrogens is 232 g/mol. The van der Waals surface area contributed by atoms with Crippen molar-refractivity contribution in [2.45, 2.75) is 31.2 Å². The fourth-order valence-electron chi connectivity index (χ4n) is 1.50. The Bertz CT molecular complexity index is 465. The lowest BCUT2D eigenvalue weighted by atomic mass is 10.1. The molecule has 0 aliphatic carbocycles. The molecule has 0 aliphatic rings. The van der Waals surface area contributed by atoms with Crippen molar-refractivity contribution in [3.8, 4) is 6.07 Å². The average molecular weight is 248 g/mol. The highest BCUT2D eigenvalue weighted by atomic mass is 32.1. The van der Waals surface area contributed by atoms with E-state index < -0.39 is 0 Å². The van der Waals surface area contributed by atoms with Crippen molar-refractivity contribution in [3.05, 3.63) is 29.3 Å². The van der Waals surface area contributed by atoms with Crippen LogP contribution in [0.3, 0.4) is 0 Å². The second kappa shape index (κ2) is 5.74. The molecule has 17 heavy (non-hydrogen) atoms. The first kappa shape index (κ1) is 13.6. The number of hydrogen-bond acceptors (Lipinski definition) is 3. The summed E-state index contributed by atoms with van der Waals surface area (Å²) in [4.78, 5) is 14.6. The molecule has 1 aromatic rings. The molecule has 1 aromatic carbocycles. The van der Waals surface area contributed by atoms with Crippen LogP contribution >= 0.6 is 12.6 Å². The summed E-state index contributed by atoms with van der Waals surface area (Å²) in [7, 11) is 1.72. The first-order chi connectivity index (χ1) is 7.97. The van der Waals surface area contributed by atoms with E-state index in [1.54, 1.807) is 18.0 Å². The minimum absolute atomic E-state index is 0.0684. The van der Waals surface area contributed by atoms with Gasteiger partial charge in [0.2, 0.25) is 0 Å². The van der Waals surface area contributed by atoms with Crippen LogP contribution in [0.2, 0.25) is 0 Å². The highest BCUT2D eigenvalue weighted by Gasteiger charge is 2.18. The Morgan fingerprint density at radius 2 is 2.24 bits per heavy atom. The van der Waals surface area contributed by atoms with E-state index in [4.69, 9.17) is 5.26 Å². The normalized spacial score (nSPS) is 11.7. The number of amides is 1. The first-order valence-corrected chi connectivity index (χ1v) is 5.85. The number of hydrogen-bond donors (Lipinski definition) is 1. The van der Waals surface area contributed by atoms with E-state index in [0.29, 0.717) is 12.0 Å². The van der Waals surface area contributed by atoms with Gasteiger partial charge in [0.1, 0.15) is 0 Å². The Labute approximate surface area is 107 Å². The molecule has 0 radical (unpaired) electrons. The van der Waals surface area contributed by atoms with Gasteiger partial charge in [-0.1, -0.05) is 6.07 Å². The monoisotopic (exact) mass is 248 g/mol. The summed E-state index contributed by atoms with van der Waals surface area (Å²) in [5.41, 5.74) is 1.56. The van der Waals surface area contributed by atoms with E-state index >= 15 is 0 Å². The lowest BCUT2D eigenvalue weighted by molar-refractivity contribution is 0.0745. The smallest absolute Gasteiger partial charge is 0.254 e. The molecule has 1 amide bonds. The quantitative estimate of drug-likeness (QED) is 0.836. The van der Waals surface area contributed by atoms with Crippen LogP contribution in [0.1, 0.15) is 29.3 Å². The summed E-state index contributed by atoms with van der Waals surface area (Å²) < 4.78 is 0. The van der Waals surface area contributed by atoms with Crippen LogP contribution in [-0.2, 0) is 0 Å². The summed E-state index contributed by atoms with van der Waals surface area (Å²) in [5, 5.41) is 8.64. The van der Waals surface area contributed by atoms with Crippen molar-refractivity contribution in [2.24, 2.45) is 0 Å². The van der Waals surface area contributed by atoms with Crippen molar-refractivity contribution in [3.63, 3.8) is 0 Å². The van der Waals surface area contributed by atoms with Crippen LogP contribution in [0.4, 0.5) is 0 Å². The fraction of sp³-hybridized carbons (Fsp3) is 0.385. The van der Waals surface area contributed by atoms with E-state index in [1.165, 1.54) is 0 Å². The van der Waals surface area contributed by atoms with Gasteiger partial charge in [-0.3, -0.25) is 4.79 Å². The Hall–Kier alpha value is -1.47. The maximum atomic E-state index is 12.2. The van der Waals surface area contributed by atoms with Gasteiger partial charge in [-0.15, -0.1) is 12.6 Å². The van der Waals surface area contributed by atoms with E-state index in [1.807, 2.05) is 26.0 Å². The molecule has 1 rings (SSSR count). The predicted octanol–water partition coefficient (Wildman–Crippen LogP) is 2.66. The largest absolute Gasteiger partial charge is 0.338 e. The average Bonchev–Trinajstić information content (AvgIpc) is 2.30. The predicted molar refractivity (Wildman–Crippen MR) is 70.2 cm³/mol. The molecule has 0 saturated heterocycles. The maximum Gasteiger partial charge on any atom is 0.254 e. The zero-order valence-corrected chi connectivity index (χ0v) is 11.2. The van der Waals surface area contributed by atoms with Gasteiger partial charge >= 0.3 is 0 Å². The van der Waals surface area contributed by atoms with Gasteiger partial charge in [-0.25, -0.2) is 0 Å². The number of rotatable bonds is 3. The van der Waals surface area contributed by atoms with E-state index in [9.17, 15) is 4.79 Å². The molecule has 3 nitrogen and oxygen atoms in total. The highest BCUT2D eigenvalue weighted by Crippen LogP contribution is 2.17. The third-order valence-corrected chi connectivity index (χ3v) is 3.10. The maximum absolute atomic E-state index is 12.2. The van der Waals surface area contributed by atoms with Crippen LogP contribution in [0.5, 0.6) is 0 Å². The molecule has 0 fully saturated rings. The highest BCUT2D eigenvalue weighted by molar-refractivity contribution is 7.80. The van der Waals surface area contributed by atoms with Crippen molar-refractivity contribution >= 4 is 18.5 Å². The summed E-state index contributed by atoms with van der Waals surface area (Å²) >= 11 is 4.23. The number of carbonyl (C=O) groups excluding carboxylic acids is 1. The minimum Gasteiger partial charge on any atom is -0.338 e. The van der Waals surface area contributed by atoms with Crippen LogP contribution < -0.4 is 0 Å². The molecule has 0 spiro atoms. The summed E-state index contributed by atoms with van der Waals surface area (Å²) in [6.45, 7) is 3.75. The van der Waals surface area contributed by atoms with Gasteiger partial charge in [0.25, 0.3) is 5.91 Å². The van der Waals surface area contributed by atoms with Crippen LogP contribution in [0, 0.1) is 18.3 Å². The van der Waals surface area contributed by atoms with Crippen molar-refractivity contribution in [1.29, 1.82) is 5.26 Å². The molecular formula is C13H16N2OS. The van der Waals surface area contributed by atoms with E-state index in [2.05, 4.69) is 18.7 Å². The molecule has 0 heterocycles. The molecule has 0 aromatic heterocycles. The Morgan fingerprint density at radius 3 is 2.82 bits per heavy atom. The number of aryl methyl sites for hydroxylation is 1. The minimum atomic E-state index is -0.0875. The second-order valence-electron chi connectivity index (χ2n) is 4.13. The molecule has 0 aliphatic heterocycles. The summed E-state index contributed by atoms with van der Waals surface area (Å²) in [6, 6.07) is 7.47. The Kier molecular flexibility index (Phi) is 4.59. The topological polar surface area (TPSA) is 44.1 Å². The number of thiol groups is 1. The second-order valence-corrected chi connectivity index (χ2v) is 4.64.